The molecule has 0 spiro atoms. The van der Waals surface area contributed by atoms with Crippen LogP contribution in [0.4, 0.5) is 13.2 Å². The van der Waals surface area contributed by atoms with Crippen molar-refractivity contribution in [2.24, 2.45) is 0 Å². The molecule has 190 valence electrons. The van der Waals surface area contributed by atoms with E-state index in [2.05, 4.69) is 0 Å². The fourth-order valence-electron chi connectivity index (χ4n) is 4.26. The molecular weight excluding hydrogens is 487 g/mol. The third-order valence-corrected chi connectivity index (χ3v) is 7.56. The first-order valence-electron chi connectivity index (χ1n) is 11.1. The number of sulfone groups is 1. The van der Waals surface area contributed by atoms with Gasteiger partial charge in [-0.2, -0.15) is 13.2 Å². The molecule has 0 saturated carbocycles. The van der Waals surface area contributed by atoms with Crippen LogP contribution in [0.2, 0.25) is 0 Å². The number of carbonyl (C=O) groups excluding carboxylic acids is 1. The molecule has 2 aliphatic rings. The minimum absolute atomic E-state index is 0.159. The van der Waals surface area contributed by atoms with Gasteiger partial charge in [0.1, 0.15) is 5.75 Å². The molecule has 4 rings (SSSR count). The Bertz CT molecular complexity index is 1240. The third-order valence-electron chi connectivity index (χ3n) is 6.45. The smallest absolute Gasteiger partial charge is 0.425 e. The third kappa shape index (κ3) is 5.31. The monoisotopic (exact) mass is 513 g/mol. The lowest BCUT2D eigenvalue weighted by Gasteiger charge is -2.32. The normalized spacial score (nSPS) is 18.7. The number of carbonyl (C=O) groups is 1. The summed E-state index contributed by atoms with van der Waals surface area (Å²) >= 11 is 0. The van der Waals surface area contributed by atoms with Crippen LogP contribution >= 0.6 is 0 Å². The Morgan fingerprint density at radius 1 is 1.11 bits per heavy atom. The van der Waals surface area contributed by atoms with Crippen LogP contribution in [-0.2, 0) is 33.3 Å². The number of aliphatic hydroxyl groups is 1. The van der Waals surface area contributed by atoms with Crippen molar-refractivity contribution in [3.8, 4) is 5.75 Å². The van der Waals surface area contributed by atoms with Gasteiger partial charge in [-0.05, 0) is 41.8 Å². The van der Waals surface area contributed by atoms with Crippen LogP contribution in [0.5, 0.6) is 5.75 Å². The van der Waals surface area contributed by atoms with E-state index >= 15 is 0 Å². The van der Waals surface area contributed by atoms with Crippen LogP contribution in [0.1, 0.15) is 46.8 Å². The molecule has 35 heavy (non-hydrogen) atoms. The van der Waals surface area contributed by atoms with Crippen molar-refractivity contribution in [3.05, 3.63) is 58.7 Å². The van der Waals surface area contributed by atoms with Crippen LogP contribution in [0.3, 0.4) is 0 Å². The minimum atomic E-state index is -4.67. The van der Waals surface area contributed by atoms with Crippen LogP contribution < -0.4 is 4.74 Å². The van der Waals surface area contributed by atoms with Gasteiger partial charge in [-0.3, -0.25) is 4.79 Å². The first-order chi connectivity index (χ1) is 16.3. The number of hydrogen-bond acceptors (Lipinski definition) is 6. The topological polar surface area (TPSA) is 93.1 Å². The zero-order chi connectivity index (χ0) is 25.6. The van der Waals surface area contributed by atoms with Gasteiger partial charge < -0.3 is 19.5 Å². The molecule has 1 amide bonds. The summed E-state index contributed by atoms with van der Waals surface area (Å²) in [5, 5.41) is 11.0. The highest BCUT2D eigenvalue weighted by Gasteiger charge is 2.39. The number of alkyl halides is 3. The molecule has 0 radical (unpaired) electrons. The SMILES string of the molecule is C[C@H](Oc1ccc(S(C)(=O)=O)cc1C(=O)N1Cc2ccc(C3(O)CCOCC3)cc2C1)C(F)(F)F. The zero-order valence-electron chi connectivity index (χ0n) is 19.3. The molecule has 0 aromatic heterocycles. The molecule has 2 heterocycles. The second-order valence-corrected chi connectivity index (χ2v) is 11.0. The van der Waals surface area contributed by atoms with Gasteiger partial charge >= 0.3 is 6.18 Å². The van der Waals surface area contributed by atoms with Crippen LogP contribution in [0.25, 0.3) is 0 Å². The highest BCUT2D eigenvalue weighted by Crippen LogP contribution is 2.36. The summed E-state index contributed by atoms with van der Waals surface area (Å²) in [6.45, 7) is 2.04. The van der Waals surface area contributed by atoms with Crippen molar-refractivity contribution in [2.75, 3.05) is 19.5 Å². The number of amides is 1. The Morgan fingerprint density at radius 3 is 2.40 bits per heavy atom. The highest BCUT2D eigenvalue weighted by molar-refractivity contribution is 7.90. The summed E-state index contributed by atoms with van der Waals surface area (Å²) in [7, 11) is -3.72. The van der Waals surface area contributed by atoms with Gasteiger partial charge in [-0.15, -0.1) is 0 Å². The number of fused-ring (bicyclic) bond motifs is 1. The van der Waals surface area contributed by atoms with E-state index in [9.17, 15) is 31.5 Å². The van der Waals surface area contributed by atoms with E-state index in [-0.39, 0.29) is 29.3 Å². The average molecular weight is 514 g/mol. The lowest BCUT2D eigenvalue weighted by atomic mass is 9.85. The van der Waals surface area contributed by atoms with E-state index in [4.69, 9.17) is 9.47 Å². The van der Waals surface area contributed by atoms with Gasteiger partial charge in [-0.25, -0.2) is 8.42 Å². The molecule has 2 aliphatic heterocycles. The summed E-state index contributed by atoms with van der Waals surface area (Å²) in [4.78, 5) is 14.6. The predicted molar refractivity (Wildman–Crippen MR) is 120 cm³/mol. The fraction of sp³-hybridized carbons (Fsp3) is 0.458. The van der Waals surface area contributed by atoms with Gasteiger partial charge in [-0.1, -0.05) is 18.2 Å². The number of ether oxygens (including phenoxy) is 2. The number of benzene rings is 2. The maximum absolute atomic E-state index is 13.4. The van der Waals surface area contributed by atoms with Crippen molar-refractivity contribution >= 4 is 15.7 Å². The van der Waals surface area contributed by atoms with Gasteiger partial charge in [0, 0.05) is 45.4 Å². The first kappa shape index (κ1) is 25.5. The largest absolute Gasteiger partial charge is 0.480 e. The highest BCUT2D eigenvalue weighted by atomic mass is 32.2. The van der Waals surface area contributed by atoms with E-state index in [1.807, 2.05) is 18.2 Å². The van der Waals surface area contributed by atoms with Gasteiger partial charge in [0.2, 0.25) is 0 Å². The maximum atomic E-state index is 13.4. The molecular formula is C24H26F3NO6S. The van der Waals surface area contributed by atoms with Crippen molar-refractivity contribution in [1.82, 2.24) is 4.90 Å². The molecule has 2 aromatic rings. The molecule has 0 bridgehead atoms. The van der Waals surface area contributed by atoms with E-state index in [0.717, 1.165) is 48.1 Å². The Labute approximate surface area is 201 Å². The lowest BCUT2D eigenvalue weighted by Crippen LogP contribution is -2.33. The van der Waals surface area contributed by atoms with Crippen LogP contribution in [0, 0.1) is 0 Å². The van der Waals surface area contributed by atoms with Crippen LogP contribution in [-0.4, -0.2) is 56.1 Å². The Kier molecular flexibility index (Phi) is 6.62. The summed E-state index contributed by atoms with van der Waals surface area (Å²) in [6.07, 6.45) is -5.02. The summed E-state index contributed by atoms with van der Waals surface area (Å²) < 4.78 is 73.7. The zero-order valence-corrected chi connectivity index (χ0v) is 20.1. The van der Waals surface area contributed by atoms with E-state index < -0.39 is 33.6 Å². The molecule has 7 nitrogen and oxygen atoms in total. The van der Waals surface area contributed by atoms with E-state index in [1.54, 1.807) is 0 Å². The van der Waals surface area contributed by atoms with E-state index in [0.29, 0.717) is 26.1 Å². The summed E-state index contributed by atoms with van der Waals surface area (Å²) in [5.74, 6) is -0.997. The number of halogens is 3. The molecule has 1 N–H and O–H groups in total. The lowest BCUT2D eigenvalue weighted by molar-refractivity contribution is -0.189. The van der Waals surface area contributed by atoms with Gasteiger partial charge in [0.05, 0.1) is 16.1 Å². The molecule has 1 atom stereocenters. The Morgan fingerprint density at radius 2 is 1.77 bits per heavy atom. The van der Waals surface area contributed by atoms with Crippen molar-refractivity contribution in [1.29, 1.82) is 0 Å². The van der Waals surface area contributed by atoms with Gasteiger partial charge in [0.15, 0.2) is 15.9 Å². The van der Waals surface area contributed by atoms with Crippen LogP contribution in [0.15, 0.2) is 41.3 Å². The van der Waals surface area contributed by atoms with Gasteiger partial charge in [0.25, 0.3) is 5.91 Å². The Hall–Kier alpha value is -2.63. The summed E-state index contributed by atoms with van der Waals surface area (Å²) in [5.41, 5.74) is 1.07. The predicted octanol–water partition coefficient (Wildman–Crippen LogP) is 3.57. The second kappa shape index (κ2) is 9.11. The van der Waals surface area contributed by atoms with E-state index in [1.165, 1.54) is 4.90 Å². The maximum Gasteiger partial charge on any atom is 0.425 e. The molecule has 1 fully saturated rings. The fourth-order valence-corrected chi connectivity index (χ4v) is 4.91. The Balaban J connectivity index is 1.63. The standard InChI is InChI=1S/C24H26F3NO6S/c1-15(24(25,26)27)34-21-6-5-19(35(2,31)32)12-20(21)22(29)28-13-16-3-4-18(11-17(16)14-28)23(30)7-9-33-10-8-23/h3-6,11-12,15,30H,7-10,13-14H2,1-2H3/t15-/m0/s1. The first-order valence-corrected chi connectivity index (χ1v) is 13.0. The van der Waals surface area contributed by atoms with Crippen molar-refractivity contribution in [3.63, 3.8) is 0 Å². The molecule has 1 saturated heterocycles. The molecule has 0 unspecified atom stereocenters. The number of hydrogen-bond donors (Lipinski definition) is 1. The second-order valence-electron chi connectivity index (χ2n) is 9.02. The minimum Gasteiger partial charge on any atom is -0.480 e. The quantitative estimate of drug-likeness (QED) is 0.657. The number of nitrogens with zero attached hydrogens (tertiary/aromatic N) is 1. The molecule has 11 heteroatoms. The molecule has 2 aromatic carbocycles. The number of rotatable bonds is 5. The van der Waals surface area contributed by atoms with Crippen molar-refractivity contribution < 1.29 is 41.0 Å². The summed E-state index contributed by atoms with van der Waals surface area (Å²) in [6, 6.07) is 8.71. The van der Waals surface area contributed by atoms with Crippen molar-refractivity contribution in [2.45, 2.75) is 55.6 Å². The average Bonchev–Trinajstić information content (AvgIpc) is 3.21. The molecule has 0 aliphatic carbocycles.